The van der Waals surface area contributed by atoms with Crippen molar-refractivity contribution in [2.45, 2.75) is 6.42 Å². The number of carbonyl (C=O) groups excluding carboxylic acids is 1. The molecule has 0 N–H and O–H groups in total. The van der Waals surface area contributed by atoms with E-state index in [2.05, 4.69) is 14.9 Å². The minimum Gasteiger partial charge on any atom is -0.481 e. The van der Waals surface area contributed by atoms with Crippen molar-refractivity contribution in [1.82, 2.24) is 14.9 Å². The fourth-order valence-corrected chi connectivity index (χ4v) is 2.68. The molecule has 1 aromatic heterocycles. The van der Waals surface area contributed by atoms with E-state index < -0.39 is 0 Å². The molecular weight excluding hydrogens is 292 g/mol. The molecule has 2 heterocycles. The first-order valence-corrected chi connectivity index (χ1v) is 7.74. The first-order chi connectivity index (χ1) is 11.3. The highest BCUT2D eigenvalue weighted by Gasteiger charge is 2.21. The van der Waals surface area contributed by atoms with Crippen LogP contribution in [-0.2, 0) is 0 Å². The lowest BCUT2D eigenvalue weighted by Gasteiger charge is -2.22. The third-order valence-electron chi connectivity index (χ3n) is 3.91. The van der Waals surface area contributed by atoms with Crippen LogP contribution in [0.1, 0.15) is 16.8 Å². The van der Waals surface area contributed by atoms with Crippen LogP contribution < -0.4 is 9.64 Å². The number of carbonyl (C=O) groups is 1. The number of aromatic nitrogens is 2. The summed E-state index contributed by atoms with van der Waals surface area (Å²) >= 11 is 0. The molecule has 6 nitrogen and oxygen atoms in total. The van der Waals surface area contributed by atoms with E-state index in [4.69, 9.17) is 4.74 Å². The van der Waals surface area contributed by atoms with E-state index >= 15 is 0 Å². The Bertz CT molecular complexity index is 663. The van der Waals surface area contributed by atoms with Crippen LogP contribution in [0.4, 0.5) is 5.95 Å². The van der Waals surface area contributed by atoms with Gasteiger partial charge in [0.2, 0.25) is 11.8 Å². The molecule has 0 bridgehead atoms. The standard InChI is InChI=1S/C17H20N4O2/c1-23-15-8-9-18-17(19-15)21-11-5-10-20(12-13-21)16(22)14-6-3-2-4-7-14/h2-4,6-9H,5,10-13H2,1H3. The molecule has 6 heteroatoms. The highest BCUT2D eigenvalue weighted by Crippen LogP contribution is 2.15. The van der Waals surface area contributed by atoms with Crippen LogP contribution in [0, 0.1) is 0 Å². The normalized spacial score (nSPS) is 15.2. The number of amides is 1. The molecule has 23 heavy (non-hydrogen) atoms. The average Bonchev–Trinajstić information content (AvgIpc) is 2.88. The van der Waals surface area contributed by atoms with Gasteiger partial charge in [0.05, 0.1) is 7.11 Å². The maximum Gasteiger partial charge on any atom is 0.253 e. The van der Waals surface area contributed by atoms with Crippen molar-refractivity contribution in [1.29, 1.82) is 0 Å². The largest absolute Gasteiger partial charge is 0.481 e. The van der Waals surface area contributed by atoms with Crippen LogP contribution in [-0.4, -0.2) is 54.1 Å². The van der Waals surface area contributed by atoms with Crippen LogP contribution in [0.3, 0.4) is 0 Å². The molecule has 0 atom stereocenters. The molecule has 0 aliphatic carbocycles. The van der Waals surface area contributed by atoms with Crippen LogP contribution in [0.5, 0.6) is 5.88 Å². The molecule has 120 valence electrons. The Labute approximate surface area is 135 Å². The smallest absolute Gasteiger partial charge is 0.253 e. The van der Waals surface area contributed by atoms with Crippen molar-refractivity contribution >= 4 is 11.9 Å². The zero-order chi connectivity index (χ0) is 16.1. The van der Waals surface area contributed by atoms with Crippen molar-refractivity contribution in [2.75, 3.05) is 38.2 Å². The Morgan fingerprint density at radius 3 is 2.70 bits per heavy atom. The zero-order valence-electron chi connectivity index (χ0n) is 13.2. The Kier molecular flexibility index (Phi) is 4.71. The predicted molar refractivity (Wildman–Crippen MR) is 87.8 cm³/mol. The lowest BCUT2D eigenvalue weighted by atomic mass is 10.2. The van der Waals surface area contributed by atoms with E-state index in [1.54, 1.807) is 19.4 Å². The lowest BCUT2D eigenvalue weighted by Crippen LogP contribution is -2.35. The molecule has 2 aromatic rings. The van der Waals surface area contributed by atoms with Crippen molar-refractivity contribution in [3.63, 3.8) is 0 Å². The summed E-state index contributed by atoms with van der Waals surface area (Å²) in [6, 6.07) is 11.1. The molecular formula is C17H20N4O2. The fourth-order valence-electron chi connectivity index (χ4n) is 2.68. The van der Waals surface area contributed by atoms with Gasteiger partial charge in [-0.15, -0.1) is 0 Å². The van der Waals surface area contributed by atoms with E-state index in [0.717, 1.165) is 25.1 Å². The molecule has 1 aliphatic rings. The van der Waals surface area contributed by atoms with Gasteiger partial charge in [-0.3, -0.25) is 4.79 Å². The molecule has 3 rings (SSSR count). The molecule has 0 unspecified atom stereocenters. The van der Waals surface area contributed by atoms with Crippen LogP contribution in [0.15, 0.2) is 42.6 Å². The van der Waals surface area contributed by atoms with Crippen LogP contribution in [0.25, 0.3) is 0 Å². The monoisotopic (exact) mass is 312 g/mol. The van der Waals surface area contributed by atoms with Crippen LogP contribution in [0.2, 0.25) is 0 Å². The summed E-state index contributed by atoms with van der Waals surface area (Å²) < 4.78 is 5.15. The summed E-state index contributed by atoms with van der Waals surface area (Å²) in [5.41, 5.74) is 0.735. The van der Waals surface area contributed by atoms with Gasteiger partial charge in [0.15, 0.2) is 0 Å². The number of nitrogens with zero attached hydrogens (tertiary/aromatic N) is 4. The van der Waals surface area contributed by atoms with Gasteiger partial charge in [-0.25, -0.2) is 4.98 Å². The minimum absolute atomic E-state index is 0.0824. The number of anilines is 1. The topological polar surface area (TPSA) is 58.6 Å². The highest BCUT2D eigenvalue weighted by atomic mass is 16.5. The first kappa shape index (κ1) is 15.3. The highest BCUT2D eigenvalue weighted by molar-refractivity contribution is 5.94. The van der Waals surface area contributed by atoms with Crippen molar-refractivity contribution < 1.29 is 9.53 Å². The van der Waals surface area contributed by atoms with E-state index in [9.17, 15) is 4.79 Å². The van der Waals surface area contributed by atoms with Crippen molar-refractivity contribution in [2.24, 2.45) is 0 Å². The minimum atomic E-state index is 0.0824. The summed E-state index contributed by atoms with van der Waals surface area (Å²) in [4.78, 5) is 25.2. The maximum atomic E-state index is 12.6. The molecule has 1 aliphatic heterocycles. The van der Waals surface area contributed by atoms with Gasteiger partial charge in [-0.1, -0.05) is 18.2 Å². The first-order valence-electron chi connectivity index (χ1n) is 7.74. The number of hydrogen-bond acceptors (Lipinski definition) is 5. The second kappa shape index (κ2) is 7.09. The quantitative estimate of drug-likeness (QED) is 0.865. The molecule has 1 aromatic carbocycles. The van der Waals surface area contributed by atoms with E-state index in [-0.39, 0.29) is 5.91 Å². The summed E-state index contributed by atoms with van der Waals surface area (Å²) in [6.07, 6.45) is 2.58. The van der Waals surface area contributed by atoms with Gasteiger partial charge in [0.1, 0.15) is 0 Å². The molecule has 1 saturated heterocycles. The predicted octanol–water partition coefficient (Wildman–Crippen LogP) is 1.84. The average molecular weight is 312 g/mol. The fraction of sp³-hybridized carbons (Fsp3) is 0.353. The van der Waals surface area contributed by atoms with Crippen molar-refractivity contribution in [3.8, 4) is 5.88 Å². The summed E-state index contributed by atoms with van der Waals surface area (Å²) in [5, 5.41) is 0. The second-order valence-electron chi connectivity index (χ2n) is 5.40. The number of rotatable bonds is 3. The van der Waals surface area contributed by atoms with Gasteiger partial charge in [0, 0.05) is 44.0 Å². The molecule has 1 fully saturated rings. The molecule has 0 spiro atoms. The Morgan fingerprint density at radius 1 is 1.09 bits per heavy atom. The number of benzene rings is 1. The van der Waals surface area contributed by atoms with Gasteiger partial charge in [0.25, 0.3) is 5.91 Å². The van der Waals surface area contributed by atoms with E-state index in [0.29, 0.717) is 24.9 Å². The summed E-state index contributed by atoms with van der Waals surface area (Å²) in [5.74, 6) is 1.29. The van der Waals surface area contributed by atoms with Crippen LogP contribution >= 0.6 is 0 Å². The Balaban J connectivity index is 1.68. The Hall–Kier alpha value is -2.63. The third-order valence-corrected chi connectivity index (χ3v) is 3.91. The number of ether oxygens (including phenoxy) is 1. The molecule has 0 radical (unpaired) electrons. The number of methoxy groups -OCH3 is 1. The Morgan fingerprint density at radius 2 is 1.91 bits per heavy atom. The van der Waals surface area contributed by atoms with E-state index in [1.165, 1.54) is 0 Å². The summed E-state index contributed by atoms with van der Waals surface area (Å²) in [6.45, 7) is 2.94. The van der Waals surface area contributed by atoms with E-state index in [1.807, 2.05) is 35.2 Å². The van der Waals surface area contributed by atoms with Crippen molar-refractivity contribution in [3.05, 3.63) is 48.2 Å². The lowest BCUT2D eigenvalue weighted by molar-refractivity contribution is 0.0767. The van der Waals surface area contributed by atoms with Gasteiger partial charge in [-0.2, -0.15) is 4.98 Å². The summed E-state index contributed by atoms with van der Waals surface area (Å²) in [7, 11) is 1.59. The molecule has 0 saturated carbocycles. The maximum absolute atomic E-state index is 12.6. The third kappa shape index (κ3) is 3.59. The second-order valence-corrected chi connectivity index (χ2v) is 5.40. The van der Waals surface area contributed by atoms with Gasteiger partial charge in [-0.05, 0) is 18.6 Å². The zero-order valence-corrected chi connectivity index (χ0v) is 13.2. The number of hydrogen-bond donors (Lipinski definition) is 0. The molecule has 1 amide bonds. The van der Waals surface area contributed by atoms with Gasteiger partial charge < -0.3 is 14.5 Å². The SMILES string of the molecule is COc1ccnc(N2CCCN(C(=O)c3ccccc3)CC2)n1. The van der Waals surface area contributed by atoms with Gasteiger partial charge >= 0.3 is 0 Å².